The number of ether oxygens (including phenoxy) is 1. The Labute approximate surface area is 114 Å². The van der Waals surface area contributed by atoms with Gasteiger partial charge in [0.1, 0.15) is 5.82 Å². The van der Waals surface area contributed by atoms with Crippen LogP contribution in [0.5, 0.6) is 0 Å². The first-order valence-corrected chi connectivity index (χ1v) is 5.96. The van der Waals surface area contributed by atoms with E-state index in [4.69, 9.17) is 0 Å². The third-order valence-electron chi connectivity index (χ3n) is 2.87. The Balaban J connectivity index is 2.45. The first-order chi connectivity index (χ1) is 9.52. The molecule has 0 saturated heterocycles. The van der Waals surface area contributed by atoms with Crippen molar-refractivity contribution in [3.05, 3.63) is 52.6 Å². The van der Waals surface area contributed by atoms with Gasteiger partial charge in [-0.2, -0.15) is 5.10 Å². The van der Waals surface area contributed by atoms with E-state index < -0.39 is 17.6 Å². The summed E-state index contributed by atoms with van der Waals surface area (Å²) in [5.74, 6) is -0.916. The molecule has 0 aliphatic carbocycles. The highest BCUT2D eigenvalue weighted by atomic mass is 19.1. The maximum Gasteiger partial charge on any atom is 0.330 e. The minimum absolute atomic E-state index is 0.356. The fourth-order valence-electron chi connectivity index (χ4n) is 1.75. The lowest BCUT2D eigenvalue weighted by Crippen LogP contribution is -2.30. The summed E-state index contributed by atoms with van der Waals surface area (Å²) in [7, 11) is 1.24. The SMILES string of the molecule is COC(=O)[C@H](C)n1nc(-c2ccc(F)cc2)ccc1=O. The molecule has 0 saturated carbocycles. The first kappa shape index (κ1) is 13.9. The molecule has 0 aliphatic rings. The molecule has 2 rings (SSSR count). The summed E-state index contributed by atoms with van der Waals surface area (Å²) in [5.41, 5.74) is 0.714. The Bertz CT molecular complexity index is 680. The molecule has 104 valence electrons. The van der Waals surface area contributed by atoms with Crippen molar-refractivity contribution in [2.75, 3.05) is 7.11 Å². The second-order valence-corrected chi connectivity index (χ2v) is 4.21. The van der Waals surface area contributed by atoms with Gasteiger partial charge in [-0.25, -0.2) is 13.9 Å². The molecule has 0 spiro atoms. The van der Waals surface area contributed by atoms with Gasteiger partial charge in [0.15, 0.2) is 6.04 Å². The van der Waals surface area contributed by atoms with Gasteiger partial charge in [0.05, 0.1) is 12.8 Å². The van der Waals surface area contributed by atoms with Crippen LogP contribution in [0.2, 0.25) is 0 Å². The van der Waals surface area contributed by atoms with E-state index >= 15 is 0 Å². The highest BCUT2D eigenvalue weighted by Gasteiger charge is 2.18. The van der Waals surface area contributed by atoms with Crippen molar-refractivity contribution in [3.63, 3.8) is 0 Å². The molecule has 0 fully saturated rings. The van der Waals surface area contributed by atoms with E-state index in [0.717, 1.165) is 4.68 Å². The normalized spacial score (nSPS) is 11.9. The third kappa shape index (κ3) is 2.74. The van der Waals surface area contributed by atoms with E-state index in [1.807, 2.05) is 0 Å². The maximum absolute atomic E-state index is 12.9. The standard InChI is InChI=1S/C14H13FN2O3/c1-9(14(19)20-2)17-13(18)8-7-12(16-17)10-3-5-11(15)6-4-10/h3-9H,1-2H3/t9-/m0/s1. The smallest absolute Gasteiger partial charge is 0.330 e. The van der Waals surface area contributed by atoms with Crippen molar-refractivity contribution < 1.29 is 13.9 Å². The van der Waals surface area contributed by atoms with E-state index in [9.17, 15) is 14.0 Å². The van der Waals surface area contributed by atoms with E-state index in [0.29, 0.717) is 11.3 Å². The van der Waals surface area contributed by atoms with Gasteiger partial charge in [-0.15, -0.1) is 0 Å². The maximum atomic E-state index is 12.9. The first-order valence-electron chi connectivity index (χ1n) is 5.96. The number of esters is 1. The number of carbonyl (C=O) groups is 1. The van der Waals surface area contributed by atoms with Gasteiger partial charge in [0, 0.05) is 11.6 Å². The van der Waals surface area contributed by atoms with Crippen LogP contribution in [0.1, 0.15) is 13.0 Å². The van der Waals surface area contributed by atoms with Crippen molar-refractivity contribution >= 4 is 5.97 Å². The van der Waals surface area contributed by atoms with Crippen molar-refractivity contribution in [2.45, 2.75) is 13.0 Å². The zero-order chi connectivity index (χ0) is 14.7. The highest BCUT2D eigenvalue weighted by molar-refractivity contribution is 5.73. The number of carbonyl (C=O) groups excluding carboxylic acids is 1. The Morgan fingerprint density at radius 3 is 2.50 bits per heavy atom. The number of nitrogens with zero attached hydrogens (tertiary/aromatic N) is 2. The predicted molar refractivity (Wildman–Crippen MR) is 70.6 cm³/mol. The lowest BCUT2D eigenvalue weighted by atomic mass is 10.1. The number of hydrogen-bond donors (Lipinski definition) is 0. The minimum Gasteiger partial charge on any atom is -0.467 e. The zero-order valence-electron chi connectivity index (χ0n) is 11.0. The topological polar surface area (TPSA) is 61.2 Å². The van der Waals surface area contributed by atoms with Crippen LogP contribution in [0.4, 0.5) is 4.39 Å². The fraction of sp³-hybridized carbons (Fsp3) is 0.214. The van der Waals surface area contributed by atoms with Crippen LogP contribution in [-0.4, -0.2) is 22.9 Å². The van der Waals surface area contributed by atoms with Gasteiger partial charge in [-0.1, -0.05) is 0 Å². The van der Waals surface area contributed by atoms with Gasteiger partial charge in [-0.3, -0.25) is 4.79 Å². The number of benzene rings is 1. The summed E-state index contributed by atoms with van der Waals surface area (Å²) in [5, 5.41) is 4.12. The Morgan fingerprint density at radius 2 is 1.90 bits per heavy atom. The van der Waals surface area contributed by atoms with Gasteiger partial charge in [0.25, 0.3) is 5.56 Å². The van der Waals surface area contributed by atoms with Crippen molar-refractivity contribution in [1.82, 2.24) is 9.78 Å². The number of hydrogen-bond acceptors (Lipinski definition) is 4. The summed E-state index contributed by atoms with van der Waals surface area (Å²) in [4.78, 5) is 23.2. The molecule has 0 unspecified atom stereocenters. The second-order valence-electron chi connectivity index (χ2n) is 4.21. The van der Waals surface area contributed by atoms with Gasteiger partial charge < -0.3 is 4.74 Å². The fourth-order valence-corrected chi connectivity index (χ4v) is 1.75. The number of aromatic nitrogens is 2. The van der Waals surface area contributed by atoms with E-state index in [2.05, 4.69) is 9.84 Å². The molecule has 1 aromatic heterocycles. The van der Waals surface area contributed by atoms with Crippen molar-refractivity contribution in [1.29, 1.82) is 0 Å². The quantitative estimate of drug-likeness (QED) is 0.802. The lowest BCUT2D eigenvalue weighted by Gasteiger charge is -2.12. The zero-order valence-corrected chi connectivity index (χ0v) is 11.0. The molecule has 0 bridgehead atoms. The summed E-state index contributed by atoms with van der Waals surface area (Å²) < 4.78 is 18.5. The van der Waals surface area contributed by atoms with Crippen LogP contribution in [0.15, 0.2) is 41.2 Å². The molecule has 6 heteroatoms. The Morgan fingerprint density at radius 1 is 1.25 bits per heavy atom. The van der Waals surface area contributed by atoms with E-state index in [-0.39, 0.29) is 5.82 Å². The molecular weight excluding hydrogens is 263 g/mol. The van der Waals surface area contributed by atoms with Gasteiger partial charge in [-0.05, 0) is 37.3 Å². The average Bonchev–Trinajstić information content (AvgIpc) is 2.47. The molecule has 1 aromatic carbocycles. The number of halogens is 1. The summed E-state index contributed by atoms with van der Waals surface area (Å²) in [6.07, 6.45) is 0. The van der Waals surface area contributed by atoms with E-state index in [1.54, 1.807) is 12.1 Å². The summed E-state index contributed by atoms with van der Waals surface area (Å²) in [6, 6.07) is 7.71. The van der Waals surface area contributed by atoms with Gasteiger partial charge in [0.2, 0.25) is 0 Å². The lowest BCUT2D eigenvalue weighted by molar-refractivity contribution is -0.144. The molecule has 0 amide bonds. The molecular formula is C14H13FN2O3. The second kappa shape index (κ2) is 5.64. The van der Waals surface area contributed by atoms with Crippen molar-refractivity contribution in [3.8, 4) is 11.3 Å². The molecule has 1 heterocycles. The van der Waals surface area contributed by atoms with E-state index in [1.165, 1.54) is 38.3 Å². The Hall–Kier alpha value is -2.50. The third-order valence-corrected chi connectivity index (χ3v) is 2.87. The van der Waals surface area contributed by atoms with Gasteiger partial charge >= 0.3 is 5.97 Å². The Kier molecular flexibility index (Phi) is 3.93. The van der Waals surface area contributed by atoms with Crippen LogP contribution in [0, 0.1) is 5.82 Å². The summed E-state index contributed by atoms with van der Waals surface area (Å²) in [6.45, 7) is 1.52. The number of rotatable bonds is 3. The van der Waals surface area contributed by atoms with Crippen molar-refractivity contribution in [2.24, 2.45) is 0 Å². The monoisotopic (exact) mass is 276 g/mol. The highest BCUT2D eigenvalue weighted by Crippen LogP contribution is 2.16. The van der Waals surface area contributed by atoms with Crippen LogP contribution in [0.25, 0.3) is 11.3 Å². The van der Waals surface area contributed by atoms with Crippen LogP contribution >= 0.6 is 0 Å². The molecule has 5 nitrogen and oxygen atoms in total. The van der Waals surface area contributed by atoms with Crippen LogP contribution < -0.4 is 5.56 Å². The molecule has 0 aliphatic heterocycles. The molecule has 0 N–H and O–H groups in total. The minimum atomic E-state index is -0.826. The molecule has 0 radical (unpaired) electrons. The van der Waals surface area contributed by atoms with Crippen LogP contribution in [-0.2, 0) is 9.53 Å². The molecule has 20 heavy (non-hydrogen) atoms. The van der Waals surface area contributed by atoms with Crippen LogP contribution in [0.3, 0.4) is 0 Å². The predicted octanol–water partition coefficient (Wildman–Crippen LogP) is 1.78. The molecule has 2 aromatic rings. The molecule has 1 atom stereocenters. The average molecular weight is 276 g/mol. The number of methoxy groups -OCH3 is 1. The largest absolute Gasteiger partial charge is 0.467 e. The summed E-state index contributed by atoms with van der Waals surface area (Å²) >= 11 is 0.